The van der Waals surface area contributed by atoms with Gasteiger partial charge in [0, 0.05) is 16.7 Å². The molecular weight excluding hydrogens is 316 g/mol. The summed E-state index contributed by atoms with van der Waals surface area (Å²) in [6.45, 7) is 0. The van der Waals surface area contributed by atoms with E-state index in [1.54, 1.807) is 6.20 Å². The van der Waals surface area contributed by atoms with Gasteiger partial charge in [-0.3, -0.25) is 4.57 Å². The van der Waals surface area contributed by atoms with Gasteiger partial charge in [-0.25, -0.2) is 9.97 Å². The zero-order valence-electron chi connectivity index (χ0n) is 10.8. The van der Waals surface area contributed by atoms with Gasteiger partial charge >= 0.3 is 0 Å². The topological polar surface area (TPSA) is 56.7 Å². The van der Waals surface area contributed by atoms with Crippen molar-refractivity contribution in [2.75, 3.05) is 5.73 Å². The molecule has 0 unspecified atom stereocenters. The standard InChI is InChI=1S/C15H13BrN4/c16-11-7-13-14(18-8-11)20(15(17)19-13)12-5-9-3-1-2-4-10(9)6-12/h1-4,7-8,12H,5-6H2,(H2,17,19). The summed E-state index contributed by atoms with van der Waals surface area (Å²) in [5.41, 5.74) is 10.6. The SMILES string of the molecule is Nc1nc2cc(Br)cnc2n1C1Cc2ccccc2C1. The van der Waals surface area contributed by atoms with Crippen LogP contribution < -0.4 is 5.73 Å². The highest BCUT2D eigenvalue weighted by molar-refractivity contribution is 9.10. The molecule has 4 nitrogen and oxygen atoms in total. The smallest absolute Gasteiger partial charge is 0.202 e. The van der Waals surface area contributed by atoms with Crippen LogP contribution in [0, 0.1) is 0 Å². The summed E-state index contributed by atoms with van der Waals surface area (Å²) in [5.74, 6) is 0.545. The number of hydrogen-bond acceptors (Lipinski definition) is 3. The van der Waals surface area contributed by atoms with E-state index in [1.165, 1.54) is 11.1 Å². The molecule has 20 heavy (non-hydrogen) atoms. The monoisotopic (exact) mass is 328 g/mol. The van der Waals surface area contributed by atoms with Crippen LogP contribution in [0.25, 0.3) is 11.2 Å². The van der Waals surface area contributed by atoms with Crippen LogP contribution in [0.3, 0.4) is 0 Å². The second kappa shape index (κ2) is 4.31. The molecule has 0 atom stereocenters. The number of nitrogens with zero attached hydrogens (tertiary/aromatic N) is 3. The second-order valence-corrected chi connectivity index (χ2v) is 6.08. The van der Waals surface area contributed by atoms with Gasteiger partial charge in [0.2, 0.25) is 5.95 Å². The van der Waals surface area contributed by atoms with Crippen molar-refractivity contribution in [1.29, 1.82) is 0 Å². The van der Waals surface area contributed by atoms with Crippen LogP contribution in [0.4, 0.5) is 5.95 Å². The van der Waals surface area contributed by atoms with E-state index in [4.69, 9.17) is 5.73 Å². The van der Waals surface area contributed by atoms with Crippen LogP contribution in [0.15, 0.2) is 41.0 Å². The van der Waals surface area contributed by atoms with E-state index in [0.29, 0.717) is 12.0 Å². The highest BCUT2D eigenvalue weighted by atomic mass is 79.9. The van der Waals surface area contributed by atoms with Crippen LogP contribution in [0.5, 0.6) is 0 Å². The molecule has 0 saturated carbocycles. The second-order valence-electron chi connectivity index (χ2n) is 5.17. The predicted molar refractivity (Wildman–Crippen MR) is 82.5 cm³/mol. The fraction of sp³-hybridized carbons (Fsp3) is 0.200. The van der Waals surface area contributed by atoms with E-state index >= 15 is 0 Å². The third kappa shape index (κ3) is 1.73. The Morgan fingerprint density at radius 3 is 2.60 bits per heavy atom. The lowest BCUT2D eigenvalue weighted by Gasteiger charge is -2.13. The molecule has 2 N–H and O–H groups in total. The van der Waals surface area contributed by atoms with E-state index in [1.807, 2.05) is 6.07 Å². The Morgan fingerprint density at radius 2 is 1.90 bits per heavy atom. The zero-order valence-corrected chi connectivity index (χ0v) is 12.3. The molecule has 100 valence electrons. The average molecular weight is 329 g/mol. The fourth-order valence-electron chi connectivity index (χ4n) is 3.05. The number of pyridine rings is 1. The molecule has 5 heteroatoms. The third-order valence-electron chi connectivity index (χ3n) is 3.92. The minimum Gasteiger partial charge on any atom is -0.369 e. The number of halogens is 1. The molecule has 0 spiro atoms. The number of nitrogen functional groups attached to an aromatic ring is 1. The van der Waals surface area contributed by atoms with Crippen molar-refractivity contribution in [3.8, 4) is 0 Å². The summed E-state index contributed by atoms with van der Waals surface area (Å²) < 4.78 is 2.99. The molecule has 2 aromatic heterocycles. The number of aromatic nitrogens is 3. The van der Waals surface area contributed by atoms with Gasteiger partial charge in [-0.2, -0.15) is 0 Å². The third-order valence-corrected chi connectivity index (χ3v) is 4.35. The Morgan fingerprint density at radius 1 is 1.20 bits per heavy atom. The maximum atomic E-state index is 6.11. The summed E-state index contributed by atoms with van der Waals surface area (Å²) in [4.78, 5) is 8.91. The Bertz CT molecular complexity index is 784. The minimum absolute atomic E-state index is 0.311. The van der Waals surface area contributed by atoms with Crippen molar-refractivity contribution in [3.63, 3.8) is 0 Å². The van der Waals surface area contributed by atoms with Gasteiger partial charge in [0.1, 0.15) is 5.52 Å². The van der Waals surface area contributed by atoms with Crippen molar-refractivity contribution < 1.29 is 0 Å². The summed E-state index contributed by atoms with van der Waals surface area (Å²) in [6, 6.07) is 10.8. The zero-order chi connectivity index (χ0) is 13.7. The number of rotatable bonds is 1. The Balaban J connectivity index is 1.83. The van der Waals surface area contributed by atoms with Gasteiger partial charge in [0.25, 0.3) is 0 Å². The first kappa shape index (κ1) is 11.9. The molecule has 0 amide bonds. The van der Waals surface area contributed by atoms with Crippen molar-refractivity contribution in [2.45, 2.75) is 18.9 Å². The Labute approximate surface area is 124 Å². The van der Waals surface area contributed by atoms with E-state index in [-0.39, 0.29) is 0 Å². The van der Waals surface area contributed by atoms with Crippen LogP contribution in [0.2, 0.25) is 0 Å². The van der Waals surface area contributed by atoms with Crippen LogP contribution in [-0.2, 0) is 12.8 Å². The van der Waals surface area contributed by atoms with Gasteiger partial charge in [0.05, 0.1) is 0 Å². The summed E-state index contributed by atoms with van der Waals surface area (Å²) in [5, 5.41) is 0. The molecule has 0 saturated heterocycles. The number of benzene rings is 1. The number of imidazole rings is 1. The molecule has 1 aliphatic carbocycles. The molecule has 0 fully saturated rings. The average Bonchev–Trinajstić information content (AvgIpc) is 2.97. The minimum atomic E-state index is 0.311. The normalized spacial score (nSPS) is 14.8. The molecule has 0 radical (unpaired) electrons. The molecular formula is C15H13BrN4. The van der Waals surface area contributed by atoms with Crippen molar-refractivity contribution in [3.05, 3.63) is 52.1 Å². The van der Waals surface area contributed by atoms with Gasteiger partial charge in [0.15, 0.2) is 5.65 Å². The molecule has 2 heterocycles. The van der Waals surface area contributed by atoms with E-state index < -0.39 is 0 Å². The van der Waals surface area contributed by atoms with Crippen molar-refractivity contribution >= 4 is 33.0 Å². The van der Waals surface area contributed by atoms with Crippen LogP contribution in [-0.4, -0.2) is 14.5 Å². The first-order chi connectivity index (χ1) is 9.72. The van der Waals surface area contributed by atoms with Gasteiger partial charge in [-0.05, 0) is 46.0 Å². The number of fused-ring (bicyclic) bond motifs is 2. The molecule has 0 bridgehead atoms. The first-order valence-electron chi connectivity index (χ1n) is 6.58. The summed E-state index contributed by atoms with van der Waals surface area (Å²) >= 11 is 3.42. The predicted octanol–water partition coefficient (Wildman–Crippen LogP) is 3.12. The fourth-order valence-corrected chi connectivity index (χ4v) is 3.37. The quantitative estimate of drug-likeness (QED) is 0.746. The lowest BCUT2D eigenvalue weighted by atomic mass is 10.1. The molecule has 1 aromatic carbocycles. The van der Waals surface area contributed by atoms with Gasteiger partial charge in [-0.15, -0.1) is 0 Å². The molecule has 4 rings (SSSR count). The number of hydrogen-bond donors (Lipinski definition) is 1. The number of nitrogens with two attached hydrogens (primary N) is 1. The van der Waals surface area contributed by atoms with E-state index in [2.05, 4.69) is 54.7 Å². The lowest BCUT2D eigenvalue weighted by Crippen LogP contribution is -2.12. The molecule has 0 aliphatic heterocycles. The first-order valence-corrected chi connectivity index (χ1v) is 7.37. The van der Waals surface area contributed by atoms with Crippen molar-refractivity contribution in [2.24, 2.45) is 0 Å². The Kier molecular flexibility index (Phi) is 2.57. The maximum absolute atomic E-state index is 6.11. The van der Waals surface area contributed by atoms with E-state index in [0.717, 1.165) is 28.5 Å². The molecule has 3 aromatic rings. The van der Waals surface area contributed by atoms with Crippen LogP contribution >= 0.6 is 15.9 Å². The van der Waals surface area contributed by atoms with Crippen LogP contribution in [0.1, 0.15) is 17.2 Å². The van der Waals surface area contributed by atoms with Crippen molar-refractivity contribution in [1.82, 2.24) is 14.5 Å². The lowest BCUT2D eigenvalue weighted by molar-refractivity contribution is 0.547. The maximum Gasteiger partial charge on any atom is 0.202 e. The van der Waals surface area contributed by atoms with Gasteiger partial charge in [-0.1, -0.05) is 24.3 Å². The summed E-state index contributed by atoms with van der Waals surface area (Å²) in [7, 11) is 0. The highest BCUT2D eigenvalue weighted by Crippen LogP contribution is 2.34. The van der Waals surface area contributed by atoms with Gasteiger partial charge < -0.3 is 5.73 Å². The largest absolute Gasteiger partial charge is 0.369 e. The highest BCUT2D eigenvalue weighted by Gasteiger charge is 2.26. The van der Waals surface area contributed by atoms with E-state index in [9.17, 15) is 0 Å². The Hall–Kier alpha value is -1.88. The molecule has 1 aliphatic rings. The summed E-state index contributed by atoms with van der Waals surface area (Å²) in [6.07, 6.45) is 3.77. The number of anilines is 1.